The summed E-state index contributed by atoms with van der Waals surface area (Å²) in [5, 5.41) is 2.47. The number of likely N-dealkylation sites (tertiary alicyclic amines) is 1. The molecule has 3 amide bonds. The van der Waals surface area contributed by atoms with Crippen LogP contribution >= 0.6 is 0 Å². The number of nitrogens with one attached hydrogen (secondary N) is 1. The molecule has 19 heavy (non-hydrogen) atoms. The molecular weight excluding hydrogens is 242 g/mol. The van der Waals surface area contributed by atoms with Crippen LogP contribution in [0, 0.1) is 5.92 Å². The minimum absolute atomic E-state index is 0.0529. The Morgan fingerprint density at radius 1 is 1.32 bits per heavy atom. The second-order valence-electron chi connectivity index (χ2n) is 5.07. The van der Waals surface area contributed by atoms with Crippen molar-refractivity contribution in [2.24, 2.45) is 11.7 Å². The number of carbonyl (C=O) groups is 2. The monoisotopic (exact) mass is 261 g/mol. The molecule has 5 heteroatoms. The Balaban J connectivity index is 2.04. The number of rotatable bonds is 2. The summed E-state index contributed by atoms with van der Waals surface area (Å²) in [6.45, 7) is 3.81. The zero-order valence-corrected chi connectivity index (χ0v) is 11.1. The van der Waals surface area contributed by atoms with Crippen LogP contribution in [0.4, 0.5) is 10.5 Å². The number of urea groups is 1. The van der Waals surface area contributed by atoms with Gasteiger partial charge >= 0.3 is 6.03 Å². The summed E-state index contributed by atoms with van der Waals surface area (Å²) < 4.78 is 0. The van der Waals surface area contributed by atoms with E-state index in [4.69, 9.17) is 5.73 Å². The average molecular weight is 261 g/mol. The minimum Gasteiger partial charge on any atom is -0.351 e. The molecule has 2 rings (SSSR count). The van der Waals surface area contributed by atoms with E-state index in [1.54, 1.807) is 24.3 Å². The average Bonchev–Trinajstić information content (AvgIpc) is 2.38. The predicted molar refractivity (Wildman–Crippen MR) is 73.9 cm³/mol. The number of primary amides is 1. The molecule has 1 aliphatic rings. The highest BCUT2D eigenvalue weighted by Crippen LogP contribution is 2.18. The Labute approximate surface area is 112 Å². The summed E-state index contributed by atoms with van der Waals surface area (Å²) in [5.41, 5.74) is 6.27. The van der Waals surface area contributed by atoms with Gasteiger partial charge in [0.2, 0.25) is 0 Å². The summed E-state index contributed by atoms with van der Waals surface area (Å²) in [6, 6.07) is 6.19. The highest BCUT2D eigenvalue weighted by atomic mass is 16.2. The Morgan fingerprint density at radius 2 is 2.00 bits per heavy atom. The summed E-state index contributed by atoms with van der Waals surface area (Å²) in [6.07, 6.45) is 2.25. The van der Waals surface area contributed by atoms with E-state index in [9.17, 15) is 9.59 Å². The summed E-state index contributed by atoms with van der Waals surface area (Å²) in [4.78, 5) is 24.9. The molecule has 3 N–H and O–H groups in total. The van der Waals surface area contributed by atoms with E-state index in [2.05, 4.69) is 12.2 Å². The molecule has 1 fully saturated rings. The summed E-state index contributed by atoms with van der Waals surface area (Å²) in [5.74, 6) is 0.616. The first kappa shape index (κ1) is 13.4. The molecule has 1 heterocycles. The molecule has 0 aliphatic carbocycles. The van der Waals surface area contributed by atoms with Crippen LogP contribution in [0.15, 0.2) is 24.3 Å². The van der Waals surface area contributed by atoms with Gasteiger partial charge in [-0.1, -0.05) is 6.92 Å². The smallest absolute Gasteiger partial charge is 0.316 e. The number of nitrogens with two attached hydrogens (primary N) is 1. The largest absolute Gasteiger partial charge is 0.351 e. The van der Waals surface area contributed by atoms with Crippen molar-refractivity contribution in [2.45, 2.75) is 19.8 Å². The molecule has 0 spiro atoms. The van der Waals surface area contributed by atoms with E-state index in [0.29, 0.717) is 17.2 Å². The SMILES string of the molecule is C[C@H]1CCCN(C(=O)c2ccc(NC(N)=O)cc2)C1. The maximum atomic E-state index is 12.3. The van der Waals surface area contributed by atoms with Gasteiger partial charge in [-0.25, -0.2) is 4.79 Å². The molecule has 1 atom stereocenters. The minimum atomic E-state index is -0.607. The molecule has 0 aromatic heterocycles. The number of hydrogen-bond acceptors (Lipinski definition) is 2. The first-order valence-corrected chi connectivity index (χ1v) is 6.52. The zero-order chi connectivity index (χ0) is 13.8. The van der Waals surface area contributed by atoms with Gasteiger partial charge in [0.25, 0.3) is 5.91 Å². The van der Waals surface area contributed by atoms with Crippen LogP contribution in [-0.4, -0.2) is 29.9 Å². The van der Waals surface area contributed by atoms with Crippen molar-refractivity contribution in [1.29, 1.82) is 0 Å². The van der Waals surface area contributed by atoms with Crippen molar-refractivity contribution < 1.29 is 9.59 Å². The van der Waals surface area contributed by atoms with Crippen molar-refractivity contribution >= 4 is 17.6 Å². The van der Waals surface area contributed by atoms with Gasteiger partial charge in [-0.05, 0) is 43.0 Å². The first-order chi connectivity index (χ1) is 9.06. The Bertz CT molecular complexity index is 470. The lowest BCUT2D eigenvalue weighted by molar-refractivity contribution is 0.0683. The second-order valence-corrected chi connectivity index (χ2v) is 5.07. The number of carbonyl (C=O) groups excluding carboxylic acids is 2. The van der Waals surface area contributed by atoms with Crippen LogP contribution < -0.4 is 11.1 Å². The molecular formula is C14H19N3O2. The Hall–Kier alpha value is -2.04. The number of piperidine rings is 1. The normalized spacial score (nSPS) is 19.0. The maximum Gasteiger partial charge on any atom is 0.316 e. The lowest BCUT2D eigenvalue weighted by Gasteiger charge is -2.31. The van der Waals surface area contributed by atoms with Crippen molar-refractivity contribution in [3.63, 3.8) is 0 Å². The van der Waals surface area contributed by atoms with Crippen LogP contribution in [0.5, 0.6) is 0 Å². The maximum absolute atomic E-state index is 12.3. The lowest BCUT2D eigenvalue weighted by atomic mass is 9.99. The van der Waals surface area contributed by atoms with E-state index >= 15 is 0 Å². The number of nitrogens with zero attached hydrogens (tertiary/aromatic N) is 1. The number of amides is 3. The van der Waals surface area contributed by atoms with Crippen LogP contribution in [0.3, 0.4) is 0 Å². The van der Waals surface area contributed by atoms with Gasteiger partial charge in [-0.15, -0.1) is 0 Å². The third-order valence-corrected chi connectivity index (χ3v) is 3.34. The van der Waals surface area contributed by atoms with E-state index in [-0.39, 0.29) is 5.91 Å². The first-order valence-electron chi connectivity index (χ1n) is 6.52. The third kappa shape index (κ3) is 3.47. The molecule has 1 aromatic rings. The van der Waals surface area contributed by atoms with Crippen molar-refractivity contribution in [3.8, 4) is 0 Å². The Morgan fingerprint density at radius 3 is 2.58 bits per heavy atom. The second kappa shape index (κ2) is 5.73. The van der Waals surface area contributed by atoms with Crippen LogP contribution in [-0.2, 0) is 0 Å². The standard InChI is InChI=1S/C14H19N3O2/c1-10-3-2-8-17(9-10)13(18)11-4-6-12(7-5-11)16-14(15)19/h4-7,10H,2-3,8-9H2,1H3,(H3,15,16,19)/t10-/m0/s1. The predicted octanol–water partition coefficient (Wildman–Crippen LogP) is 2.05. The number of benzene rings is 1. The molecule has 5 nitrogen and oxygen atoms in total. The van der Waals surface area contributed by atoms with Gasteiger partial charge in [0, 0.05) is 24.3 Å². The summed E-state index contributed by atoms with van der Waals surface area (Å²) in [7, 11) is 0. The van der Waals surface area contributed by atoms with E-state index in [0.717, 1.165) is 19.5 Å². The van der Waals surface area contributed by atoms with Gasteiger partial charge in [0.05, 0.1) is 0 Å². The van der Waals surface area contributed by atoms with Crippen LogP contribution in [0.2, 0.25) is 0 Å². The molecule has 0 bridgehead atoms. The number of hydrogen-bond donors (Lipinski definition) is 2. The van der Waals surface area contributed by atoms with E-state index in [1.165, 1.54) is 6.42 Å². The fourth-order valence-electron chi connectivity index (χ4n) is 2.39. The van der Waals surface area contributed by atoms with Crippen molar-refractivity contribution in [1.82, 2.24) is 4.90 Å². The molecule has 1 saturated heterocycles. The molecule has 0 saturated carbocycles. The molecule has 0 radical (unpaired) electrons. The summed E-state index contributed by atoms with van der Waals surface area (Å²) >= 11 is 0. The van der Waals surface area contributed by atoms with Crippen LogP contribution in [0.1, 0.15) is 30.1 Å². The van der Waals surface area contributed by atoms with Gasteiger partial charge in [-0.2, -0.15) is 0 Å². The topological polar surface area (TPSA) is 75.4 Å². The van der Waals surface area contributed by atoms with E-state index < -0.39 is 6.03 Å². The highest BCUT2D eigenvalue weighted by Gasteiger charge is 2.21. The van der Waals surface area contributed by atoms with Gasteiger partial charge in [0.1, 0.15) is 0 Å². The fraction of sp³-hybridized carbons (Fsp3) is 0.429. The van der Waals surface area contributed by atoms with Crippen molar-refractivity contribution in [3.05, 3.63) is 29.8 Å². The molecule has 102 valence electrons. The quantitative estimate of drug-likeness (QED) is 0.855. The number of anilines is 1. The zero-order valence-electron chi connectivity index (χ0n) is 11.1. The lowest BCUT2D eigenvalue weighted by Crippen LogP contribution is -2.39. The molecule has 1 aliphatic heterocycles. The van der Waals surface area contributed by atoms with E-state index in [1.807, 2.05) is 4.90 Å². The van der Waals surface area contributed by atoms with Crippen LogP contribution in [0.25, 0.3) is 0 Å². The van der Waals surface area contributed by atoms with Gasteiger partial charge < -0.3 is 16.0 Å². The Kier molecular flexibility index (Phi) is 4.04. The highest BCUT2D eigenvalue weighted by molar-refractivity contribution is 5.95. The van der Waals surface area contributed by atoms with Gasteiger partial charge in [-0.3, -0.25) is 4.79 Å². The van der Waals surface area contributed by atoms with Gasteiger partial charge in [0.15, 0.2) is 0 Å². The molecule has 0 unspecified atom stereocenters. The fourth-order valence-corrected chi connectivity index (χ4v) is 2.39. The van der Waals surface area contributed by atoms with Crippen molar-refractivity contribution in [2.75, 3.05) is 18.4 Å². The molecule has 1 aromatic carbocycles. The third-order valence-electron chi connectivity index (χ3n) is 3.34.